The van der Waals surface area contributed by atoms with Crippen molar-refractivity contribution in [3.63, 3.8) is 0 Å². The van der Waals surface area contributed by atoms with Gasteiger partial charge in [-0.1, -0.05) is 65.2 Å². The van der Waals surface area contributed by atoms with E-state index in [9.17, 15) is 13.0 Å². The highest BCUT2D eigenvalue weighted by atomic mass is 32.2. The van der Waals surface area contributed by atoms with E-state index in [1.165, 1.54) is 5.56 Å². The first-order chi connectivity index (χ1) is 15.3. The monoisotopic (exact) mass is 475 g/mol. The summed E-state index contributed by atoms with van der Waals surface area (Å²) in [4.78, 5) is 8.79. The Bertz CT molecular complexity index is 1150. The molecule has 168 valence electrons. The van der Waals surface area contributed by atoms with E-state index in [2.05, 4.69) is 16.7 Å². The first-order valence-corrected chi connectivity index (χ1v) is 12.6. The lowest BCUT2D eigenvalue weighted by molar-refractivity contribution is 0.225. The molecular formula is C23H24O7PS+. The summed E-state index contributed by atoms with van der Waals surface area (Å²) < 4.78 is 53.1. The van der Waals surface area contributed by atoms with Gasteiger partial charge in [0, 0.05) is 11.0 Å². The number of hydrogen-bond donors (Lipinski definition) is 2. The highest BCUT2D eigenvalue weighted by molar-refractivity contribution is 7.86. The highest BCUT2D eigenvalue weighted by Gasteiger charge is 2.33. The van der Waals surface area contributed by atoms with Crippen LogP contribution in [0.25, 0.3) is 0 Å². The van der Waals surface area contributed by atoms with Gasteiger partial charge < -0.3 is 4.74 Å². The number of hydrogen-bond acceptors (Lipinski definition) is 5. The Labute approximate surface area is 188 Å². The van der Waals surface area contributed by atoms with E-state index >= 15 is 0 Å². The van der Waals surface area contributed by atoms with Crippen LogP contribution in [-0.2, 0) is 32.0 Å². The van der Waals surface area contributed by atoms with Gasteiger partial charge in [-0.15, -0.1) is 4.89 Å². The summed E-state index contributed by atoms with van der Waals surface area (Å²) in [7, 11) is -7.72. The minimum absolute atomic E-state index is 0.120. The number of ether oxygens (including phenoxy) is 1. The van der Waals surface area contributed by atoms with Gasteiger partial charge >= 0.3 is 8.25 Å². The van der Waals surface area contributed by atoms with E-state index in [0.29, 0.717) is 18.6 Å². The second kappa shape index (κ2) is 11.3. The highest BCUT2D eigenvalue weighted by Crippen LogP contribution is 2.29. The second-order valence-corrected chi connectivity index (χ2v) is 9.44. The van der Waals surface area contributed by atoms with Crippen molar-refractivity contribution in [1.82, 2.24) is 0 Å². The van der Waals surface area contributed by atoms with Crippen LogP contribution >= 0.6 is 8.25 Å². The van der Waals surface area contributed by atoms with Gasteiger partial charge in [0.1, 0.15) is 11.5 Å². The zero-order valence-corrected chi connectivity index (χ0v) is 18.9. The summed E-state index contributed by atoms with van der Waals surface area (Å²) in [6.45, 7) is 0. The quantitative estimate of drug-likeness (QED) is 0.287. The zero-order valence-electron chi connectivity index (χ0n) is 17.2. The van der Waals surface area contributed by atoms with Gasteiger partial charge in [0.15, 0.2) is 0 Å². The lowest BCUT2D eigenvalue weighted by atomic mass is 10.0. The summed E-state index contributed by atoms with van der Waals surface area (Å²) in [5.74, 6) is 1.39. The molecule has 0 spiro atoms. The molecule has 9 heteroatoms. The first kappa shape index (κ1) is 24.0. The largest absolute Gasteiger partial charge is 0.696 e. The molecule has 0 saturated heterocycles. The van der Waals surface area contributed by atoms with Crippen LogP contribution in [0.5, 0.6) is 11.5 Å². The molecule has 0 fully saturated rings. The van der Waals surface area contributed by atoms with Gasteiger partial charge in [0.05, 0.1) is 0 Å². The van der Waals surface area contributed by atoms with Crippen molar-refractivity contribution in [2.45, 2.75) is 31.1 Å². The average Bonchev–Trinajstić information content (AvgIpc) is 2.75. The van der Waals surface area contributed by atoms with Crippen LogP contribution in [0.3, 0.4) is 0 Å². The second-order valence-electron chi connectivity index (χ2n) is 7.20. The topological polar surface area (TPSA) is 110 Å². The third-order valence-electron chi connectivity index (χ3n) is 4.78. The van der Waals surface area contributed by atoms with Gasteiger partial charge in [-0.3, -0.25) is 4.55 Å². The van der Waals surface area contributed by atoms with Crippen molar-refractivity contribution in [3.8, 4) is 11.5 Å². The summed E-state index contributed by atoms with van der Waals surface area (Å²) in [6.07, 6.45) is 1.41. The standard InChI is InChI=1S/C23H23O7PS/c24-31(25)30-23(32(26,27)28)15-7-11-19-10-6-13-21(17-19)29-22-14-5-4-12-20(22)16-18-8-2-1-3-9-18/h1-6,8-10,12-14,17,23H,7,11,15-16H2,(H-,24,25,26,27,28)/p+1. The average molecular weight is 475 g/mol. The summed E-state index contributed by atoms with van der Waals surface area (Å²) in [5, 5.41) is 0. The molecular weight excluding hydrogens is 451 g/mol. The summed E-state index contributed by atoms with van der Waals surface area (Å²) in [5.41, 5.74) is 1.39. The molecule has 0 saturated carbocycles. The van der Waals surface area contributed by atoms with Crippen molar-refractivity contribution >= 4 is 18.4 Å². The van der Waals surface area contributed by atoms with E-state index in [0.717, 1.165) is 23.3 Å². The minimum Gasteiger partial charge on any atom is -0.457 e. The molecule has 7 nitrogen and oxygen atoms in total. The van der Waals surface area contributed by atoms with Crippen LogP contribution in [0.2, 0.25) is 0 Å². The molecule has 0 aliphatic rings. The van der Waals surface area contributed by atoms with Crippen molar-refractivity contribution in [1.29, 1.82) is 0 Å². The lowest BCUT2D eigenvalue weighted by Crippen LogP contribution is -2.21. The molecule has 3 rings (SSSR count). The van der Waals surface area contributed by atoms with Crippen LogP contribution in [0.15, 0.2) is 78.9 Å². The van der Waals surface area contributed by atoms with Gasteiger partial charge in [-0.2, -0.15) is 8.42 Å². The zero-order chi connectivity index (χ0) is 23.0. The molecule has 2 unspecified atom stereocenters. The van der Waals surface area contributed by atoms with Crippen LogP contribution in [0.4, 0.5) is 0 Å². The maximum atomic E-state index is 11.3. The van der Waals surface area contributed by atoms with E-state index in [1.54, 1.807) is 0 Å². The van der Waals surface area contributed by atoms with E-state index in [-0.39, 0.29) is 6.42 Å². The number of rotatable bonds is 11. The Morgan fingerprint density at radius 2 is 1.59 bits per heavy atom. The Morgan fingerprint density at radius 1 is 0.906 bits per heavy atom. The van der Waals surface area contributed by atoms with Gasteiger partial charge in [0.25, 0.3) is 10.1 Å². The van der Waals surface area contributed by atoms with Crippen molar-refractivity contribution in [3.05, 3.63) is 95.6 Å². The summed E-state index contributed by atoms with van der Waals surface area (Å²) >= 11 is 0. The minimum atomic E-state index is -4.58. The third-order valence-corrected chi connectivity index (χ3v) is 6.36. The molecule has 32 heavy (non-hydrogen) atoms. The first-order valence-electron chi connectivity index (χ1n) is 9.99. The molecule has 0 heterocycles. The maximum Gasteiger partial charge on any atom is 0.696 e. The van der Waals surface area contributed by atoms with Gasteiger partial charge in [-0.25, -0.2) is 0 Å². The Kier molecular flexibility index (Phi) is 8.50. The molecule has 0 radical (unpaired) electrons. The lowest BCUT2D eigenvalue weighted by Gasteiger charge is -2.12. The van der Waals surface area contributed by atoms with Crippen LogP contribution in [0.1, 0.15) is 29.5 Å². The molecule has 0 aromatic heterocycles. The Hall–Kier alpha value is -2.61. The fourth-order valence-electron chi connectivity index (χ4n) is 3.29. The number of para-hydroxylation sites is 1. The van der Waals surface area contributed by atoms with Crippen molar-refractivity contribution in [2.75, 3.05) is 0 Å². The van der Waals surface area contributed by atoms with E-state index in [1.807, 2.05) is 66.7 Å². The smallest absolute Gasteiger partial charge is 0.457 e. The molecule has 3 aromatic carbocycles. The van der Waals surface area contributed by atoms with Crippen molar-refractivity contribution < 1.29 is 31.7 Å². The summed E-state index contributed by atoms with van der Waals surface area (Å²) in [6, 6.07) is 25.3. The fraction of sp³-hybridized carbons (Fsp3) is 0.217. The molecule has 0 aliphatic carbocycles. The SMILES string of the molecule is O=[P+](O)OC(CCCc1cccc(Oc2ccccc2Cc2ccccc2)c1)S(=O)(=O)O. The van der Waals surface area contributed by atoms with Crippen LogP contribution in [-0.4, -0.2) is 23.3 Å². The third kappa shape index (κ3) is 7.51. The Morgan fingerprint density at radius 3 is 2.31 bits per heavy atom. The number of benzene rings is 3. The normalized spacial score (nSPS) is 12.9. The van der Waals surface area contributed by atoms with E-state index in [4.69, 9.17) is 14.2 Å². The molecule has 2 atom stereocenters. The molecule has 0 bridgehead atoms. The van der Waals surface area contributed by atoms with Crippen LogP contribution < -0.4 is 4.74 Å². The predicted octanol–water partition coefficient (Wildman–Crippen LogP) is 5.27. The molecule has 3 aromatic rings. The molecule has 2 N–H and O–H groups in total. The number of aryl methyl sites for hydroxylation is 1. The molecule has 0 aliphatic heterocycles. The van der Waals surface area contributed by atoms with Gasteiger partial charge in [-0.05, 0) is 54.2 Å². The fourth-order valence-corrected chi connectivity index (χ4v) is 4.71. The van der Waals surface area contributed by atoms with Crippen molar-refractivity contribution in [2.24, 2.45) is 0 Å². The predicted molar refractivity (Wildman–Crippen MR) is 121 cm³/mol. The van der Waals surface area contributed by atoms with Crippen LogP contribution in [0, 0.1) is 0 Å². The maximum absolute atomic E-state index is 11.3. The van der Waals surface area contributed by atoms with E-state index < -0.39 is 23.8 Å². The van der Waals surface area contributed by atoms with Gasteiger partial charge in [0.2, 0.25) is 5.44 Å². The Balaban J connectivity index is 1.65. The molecule has 0 amide bonds.